The molecule has 0 saturated heterocycles. The van der Waals surface area contributed by atoms with Crippen LogP contribution in [0.3, 0.4) is 0 Å². The van der Waals surface area contributed by atoms with E-state index in [1.807, 2.05) is 0 Å². The number of ether oxygens (including phenoxy) is 1. The largest absolute Gasteiger partial charge is 0.463 e. The van der Waals surface area contributed by atoms with Crippen LogP contribution in [0.15, 0.2) is 19.0 Å². The molecule has 1 N–H and O–H groups in total. The van der Waals surface area contributed by atoms with Crippen LogP contribution in [0.25, 0.3) is 0 Å². The van der Waals surface area contributed by atoms with E-state index in [4.69, 9.17) is 0 Å². The molecule has 0 aliphatic rings. The maximum absolute atomic E-state index is 11.6. The van der Waals surface area contributed by atoms with Gasteiger partial charge in [-0.15, -0.1) is 11.7 Å². The van der Waals surface area contributed by atoms with Gasteiger partial charge in [0.1, 0.15) is 12.4 Å². The molecule has 1 rings (SSSR count). The lowest BCUT2D eigenvalue weighted by atomic mass is 10.3. The molecule has 1 aromatic rings. The molecule has 0 spiro atoms. The summed E-state index contributed by atoms with van der Waals surface area (Å²) in [4.78, 5) is 26.5. The van der Waals surface area contributed by atoms with Crippen LogP contribution >= 0.6 is 0 Å². The van der Waals surface area contributed by atoms with Crippen molar-refractivity contribution in [1.29, 1.82) is 0 Å². The standard InChI is InChI=1S/C10H14N4O3/c1-4-5-11-9(15)7(2)14-6-12-8(13-14)10(16)17-3/h4,6-7H,1,5H2,2-3H3,(H,11,15). The smallest absolute Gasteiger partial charge is 0.377 e. The maximum atomic E-state index is 11.6. The Balaban J connectivity index is 2.72. The van der Waals surface area contributed by atoms with E-state index in [1.54, 1.807) is 13.0 Å². The highest BCUT2D eigenvalue weighted by atomic mass is 16.5. The molecule has 1 atom stereocenters. The van der Waals surface area contributed by atoms with E-state index in [0.29, 0.717) is 6.54 Å². The Labute approximate surface area is 98.5 Å². The number of aromatic nitrogens is 3. The van der Waals surface area contributed by atoms with Crippen LogP contribution in [-0.2, 0) is 9.53 Å². The molecule has 1 amide bonds. The van der Waals surface area contributed by atoms with Crippen molar-refractivity contribution in [1.82, 2.24) is 20.1 Å². The number of amides is 1. The van der Waals surface area contributed by atoms with Crippen LogP contribution < -0.4 is 5.32 Å². The molecule has 1 aromatic heterocycles. The van der Waals surface area contributed by atoms with Gasteiger partial charge in [0.05, 0.1) is 7.11 Å². The third-order valence-corrected chi connectivity index (χ3v) is 2.07. The molecule has 0 aromatic carbocycles. The van der Waals surface area contributed by atoms with E-state index in [9.17, 15) is 9.59 Å². The van der Waals surface area contributed by atoms with E-state index in [0.717, 1.165) is 0 Å². The lowest BCUT2D eigenvalue weighted by Gasteiger charge is -2.10. The van der Waals surface area contributed by atoms with Crippen LogP contribution in [0.4, 0.5) is 0 Å². The van der Waals surface area contributed by atoms with Gasteiger partial charge in [-0.1, -0.05) is 6.08 Å². The van der Waals surface area contributed by atoms with Crippen LogP contribution in [0.2, 0.25) is 0 Å². The lowest BCUT2D eigenvalue weighted by molar-refractivity contribution is -0.123. The van der Waals surface area contributed by atoms with Crippen LogP contribution in [0.1, 0.15) is 23.6 Å². The molecule has 0 radical (unpaired) electrons. The third-order valence-electron chi connectivity index (χ3n) is 2.07. The minimum atomic E-state index is -0.637. The third kappa shape index (κ3) is 3.13. The SMILES string of the molecule is C=CCNC(=O)C(C)n1cnc(C(=O)OC)n1. The van der Waals surface area contributed by atoms with Gasteiger partial charge in [-0.05, 0) is 6.92 Å². The highest BCUT2D eigenvalue weighted by Crippen LogP contribution is 2.04. The zero-order chi connectivity index (χ0) is 12.8. The fourth-order valence-corrected chi connectivity index (χ4v) is 1.09. The molecule has 0 bridgehead atoms. The summed E-state index contributed by atoms with van der Waals surface area (Å²) in [5, 5.41) is 6.48. The van der Waals surface area contributed by atoms with E-state index in [1.165, 1.54) is 18.1 Å². The number of esters is 1. The number of carbonyl (C=O) groups is 2. The Bertz CT molecular complexity index is 427. The van der Waals surface area contributed by atoms with Crippen molar-refractivity contribution in [3.8, 4) is 0 Å². The number of carbonyl (C=O) groups excluding carboxylic acids is 2. The lowest BCUT2D eigenvalue weighted by Crippen LogP contribution is -2.31. The first-order valence-corrected chi connectivity index (χ1v) is 4.98. The van der Waals surface area contributed by atoms with Gasteiger partial charge in [-0.2, -0.15) is 0 Å². The van der Waals surface area contributed by atoms with Crippen LogP contribution in [0.5, 0.6) is 0 Å². The summed E-state index contributed by atoms with van der Waals surface area (Å²) < 4.78 is 5.76. The summed E-state index contributed by atoms with van der Waals surface area (Å²) >= 11 is 0. The molecule has 0 aliphatic carbocycles. The fraction of sp³-hybridized carbons (Fsp3) is 0.400. The Morgan fingerprint density at radius 3 is 3.00 bits per heavy atom. The molecule has 7 heteroatoms. The molecule has 1 unspecified atom stereocenters. The van der Waals surface area contributed by atoms with Crippen molar-refractivity contribution in [2.45, 2.75) is 13.0 Å². The van der Waals surface area contributed by atoms with Gasteiger partial charge < -0.3 is 10.1 Å². The molecule has 0 saturated carbocycles. The van der Waals surface area contributed by atoms with E-state index >= 15 is 0 Å². The normalized spacial score (nSPS) is 11.6. The van der Waals surface area contributed by atoms with Crippen molar-refractivity contribution in [2.75, 3.05) is 13.7 Å². The summed E-state index contributed by atoms with van der Waals surface area (Å²) in [6.07, 6.45) is 2.89. The summed E-state index contributed by atoms with van der Waals surface area (Å²) in [6.45, 7) is 5.52. The second-order valence-electron chi connectivity index (χ2n) is 3.25. The van der Waals surface area contributed by atoms with E-state index in [-0.39, 0.29) is 11.7 Å². The van der Waals surface area contributed by atoms with Crippen molar-refractivity contribution in [3.63, 3.8) is 0 Å². The summed E-state index contributed by atoms with van der Waals surface area (Å²) in [5.41, 5.74) is 0. The average molecular weight is 238 g/mol. The molecule has 17 heavy (non-hydrogen) atoms. The monoisotopic (exact) mass is 238 g/mol. The zero-order valence-corrected chi connectivity index (χ0v) is 9.71. The summed E-state index contributed by atoms with van der Waals surface area (Å²) in [7, 11) is 1.24. The maximum Gasteiger partial charge on any atom is 0.377 e. The van der Waals surface area contributed by atoms with Gasteiger partial charge in [0, 0.05) is 6.54 Å². The Morgan fingerprint density at radius 2 is 2.41 bits per heavy atom. The minimum absolute atomic E-state index is 0.0733. The second kappa shape index (κ2) is 5.78. The van der Waals surface area contributed by atoms with Crippen molar-refractivity contribution < 1.29 is 14.3 Å². The van der Waals surface area contributed by atoms with Crippen molar-refractivity contribution >= 4 is 11.9 Å². The van der Waals surface area contributed by atoms with Gasteiger partial charge in [-0.25, -0.2) is 14.5 Å². The first-order chi connectivity index (χ1) is 8.10. The number of nitrogens with zero attached hydrogens (tertiary/aromatic N) is 3. The van der Waals surface area contributed by atoms with Gasteiger partial charge >= 0.3 is 5.97 Å². The number of methoxy groups -OCH3 is 1. The van der Waals surface area contributed by atoms with E-state index in [2.05, 4.69) is 26.7 Å². The first kappa shape index (κ1) is 12.9. The number of hydrogen-bond donors (Lipinski definition) is 1. The fourth-order valence-electron chi connectivity index (χ4n) is 1.09. The van der Waals surface area contributed by atoms with Crippen molar-refractivity contribution in [3.05, 3.63) is 24.8 Å². The van der Waals surface area contributed by atoms with Crippen molar-refractivity contribution in [2.24, 2.45) is 0 Å². The predicted octanol–water partition coefficient (Wildman–Crippen LogP) is -0.0721. The number of rotatable bonds is 5. The number of nitrogens with one attached hydrogen (secondary N) is 1. The average Bonchev–Trinajstić information content (AvgIpc) is 2.83. The molecular formula is C10H14N4O3. The summed E-state index contributed by atoms with van der Waals surface area (Å²) in [5.74, 6) is -0.940. The molecule has 0 fully saturated rings. The zero-order valence-electron chi connectivity index (χ0n) is 9.71. The van der Waals surface area contributed by atoms with Crippen LogP contribution in [-0.4, -0.2) is 40.3 Å². The Kier molecular flexibility index (Phi) is 4.38. The van der Waals surface area contributed by atoms with Gasteiger partial charge in [0.25, 0.3) is 5.82 Å². The highest BCUT2D eigenvalue weighted by molar-refractivity contribution is 5.85. The summed E-state index contributed by atoms with van der Waals surface area (Å²) in [6, 6.07) is -0.555. The predicted molar refractivity (Wildman–Crippen MR) is 59.3 cm³/mol. The van der Waals surface area contributed by atoms with Gasteiger partial charge in [0.2, 0.25) is 5.91 Å². The molecular weight excluding hydrogens is 224 g/mol. The van der Waals surface area contributed by atoms with Gasteiger partial charge in [0.15, 0.2) is 0 Å². The molecule has 92 valence electrons. The van der Waals surface area contributed by atoms with Gasteiger partial charge in [-0.3, -0.25) is 4.79 Å². The number of hydrogen-bond acceptors (Lipinski definition) is 5. The Morgan fingerprint density at radius 1 is 1.71 bits per heavy atom. The molecule has 1 heterocycles. The van der Waals surface area contributed by atoms with E-state index < -0.39 is 12.0 Å². The van der Waals surface area contributed by atoms with Crippen LogP contribution in [0, 0.1) is 0 Å². The minimum Gasteiger partial charge on any atom is -0.463 e. The Hall–Kier alpha value is -2.18. The molecule has 7 nitrogen and oxygen atoms in total. The molecule has 0 aliphatic heterocycles. The topological polar surface area (TPSA) is 86.1 Å². The first-order valence-electron chi connectivity index (χ1n) is 4.98. The quantitative estimate of drug-likeness (QED) is 0.573. The highest BCUT2D eigenvalue weighted by Gasteiger charge is 2.18. The second-order valence-corrected chi connectivity index (χ2v) is 3.25.